The fourth-order valence-electron chi connectivity index (χ4n) is 2.59. The Morgan fingerprint density at radius 2 is 1.80 bits per heavy atom. The Kier molecular flexibility index (Phi) is 7.23. The molecule has 0 saturated carbocycles. The number of nitrogens with one attached hydrogen (secondary N) is 1. The average molecular weight is 386 g/mol. The van der Waals surface area contributed by atoms with Crippen LogP contribution < -0.4 is 10.5 Å². The topological polar surface area (TPSA) is 63.9 Å². The zero-order valence-corrected chi connectivity index (χ0v) is 15.7. The summed E-state index contributed by atoms with van der Waals surface area (Å²) in [7, 11) is 0. The van der Waals surface area contributed by atoms with Crippen molar-refractivity contribution in [1.82, 2.24) is 10.2 Å². The van der Waals surface area contributed by atoms with Crippen LogP contribution in [0.25, 0.3) is 22.0 Å². The number of hydrogen-bond acceptors (Lipinski definition) is 3. The molecule has 7 heteroatoms. The van der Waals surface area contributed by atoms with Crippen molar-refractivity contribution in [2.45, 2.75) is 19.4 Å². The number of ether oxygens (including phenoxy) is 1. The molecule has 3 rings (SSSR count). The van der Waals surface area contributed by atoms with Gasteiger partial charge in [0.1, 0.15) is 19.0 Å². The molecule has 0 fully saturated rings. The highest BCUT2D eigenvalue weighted by molar-refractivity contribution is 5.92. The Balaban J connectivity index is 0.00000156. The Morgan fingerprint density at radius 1 is 1.12 bits per heavy atom. The van der Waals surface area contributed by atoms with Crippen molar-refractivity contribution in [3.63, 3.8) is 0 Å². The molecule has 136 valence electrons. The lowest BCUT2D eigenvalue weighted by molar-refractivity contribution is 0.277. The molecule has 1 heterocycles. The van der Waals surface area contributed by atoms with Crippen LogP contribution >= 0.6 is 24.8 Å². The summed E-state index contributed by atoms with van der Waals surface area (Å²) in [6, 6.07) is 11.9. The van der Waals surface area contributed by atoms with Crippen LogP contribution in [0.2, 0.25) is 0 Å². The molecule has 0 saturated heterocycles. The molecule has 0 aliphatic carbocycles. The van der Waals surface area contributed by atoms with Crippen molar-refractivity contribution in [2.75, 3.05) is 13.3 Å². The second kappa shape index (κ2) is 8.52. The van der Waals surface area contributed by atoms with Crippen LogP contribution in [0.15, 0.2) is 42.6 Å². The molecule has 0 atom stereocenters. The van der Waals surface area contributed by atoms with Gasteiger partial charge in [-0.25, -0.2) is 4.39 Å². The van der Waals surface area contributed by atoms with Crippen molar-refractivity contribution in [3.05, 3.63) is 48.2 Å². The first-order valence-corrected chi connectivity index (χ1v) is 7.55. The van der Waals surface area contributed by atoms with E-state index >= 15 is 0 Å². The molecule has 2 aromatic carbocycles. The van der Waals surface area contributed by atoms with Crippen LogP contribution in [0.4, 0.5) is 4.39 Å². The zero-order valence-electron chi connectivity index (χ0n) is 14.1. The van der Waals surface area contributed by atoms with E-state index in [0.717, 1.165) is 27.6 Å². The van der Waals surface area contributed by atoms with Crippen LogP contribution in [0, 0.1) is 0 Å². The minimum atomic E-state index is -0.534. The van der Waals surface area contributed by atoms with Crippen molar-refractivity contribution < 1.29 is 9.13 Å². The summed E-state index contributed by atoms with van der Waals surface area (Å²) in [5.41, 5.74) is 9.56. The first-order valence-electron chi connectivity index (χ1n) is 7.55. The van der Waals surface area contributed by atoms with E-state index in [9.17, 15) is 4.39 Å². The van der Waals surface area contributed by atoms with Gasteiger partial charge in [-0.1, -0.05) is 24.3 Å². The number of hydrogen-bond donors (Lipinski definition) is 2. The van der Waals surface area contributed by atoms with E-state index in [0.29, 0.717) is 5.75 Å². The summed E-state index contributed by atoms with van der Waals surface area (Å²) >= 11 is 0. The van der Waals surface area contributed by atoms with E-state index in [-0.39, 0.29) is 37.0 Å². The molecule has 0 spiro atoms. The van der Waals surface area contributed by atoms with E-state index in [1.165, 1.54) is 0 Å². The lowest BCUT2D eigenvalue weighted by Gasteiger charge is -2.19. The second-order valence-electron chi connectivity index (χ2n) is 6.11. The number of nitrogens with zero attached hydrogens (tertiary/aromatic N) is 1. The summed E-state index contributed by atoms with van der Waals surface area (Å²) in [5, 5.41) is 7.79. The van der Waals surface area contributed by atoms with Crippen molar-refractivity contribution in [1.29, 1.82) is 0 Å². The molecule has 0 unspecified atom stereocenters. The van der Waals surface area contributed by atoms with Crippen molar-refractivity contribution in [2.24, 2.45) is 5.73 Å². The van der Waals surface area contributed by atoms with Gasteiger partial charge in [-0.05, 0) is 37.1 Å². The van der Waals surface area contributed by atoms with E-state index in [1.807, 2.05) is 50.2 Å². The SMILES string of the molecule is CC(C)(N)c1ccc(-c2ccc3[nH]ncc3c2OCCF)cc1.Cl.Cl. The first kappa shape index (κ1) is 21.2. The highest BCUT2D eigenvalue weighted by atomic mass is 35.5. The fourth-order valence-corrected chi connectivity index (χ4v) is 2.59. The standard InChI is InChI=1S/C18H20FN3O.2ClH/c1-18(2,20)13-5-3-12(4-6-13)14-7-8-16-15(11-21-22-16)17(14)23-10-9-19;;/h3-8,11H,9-10,20H2,1-2H3,(H,21,22);2*1H. The van der Waals surface area contributed by atoms with E-state index in [2.05, 4.69) is 10.2 Å². The third-order valence-corrected chi connectivity index (χ3v) is 3.84. The van der Waals surface area contributed by atoms with Crippen LogP contribution in [0.3, 0.4) is 0 Å². The lowest BCUT2D eigenvalue weighted by Crippen LogP contribution is -2.28. The molecule has 0 aliphatic rings. The maximum absolute atomic E-state index is 12.6. The van der Waals surface area contributed by atoms with Gasteiger partial charge in [0.05, 0.1) is 17.1 Å². The predicted molar refractivity (Wildman–Crippen MR) is 105 cm³/mol. The third kappa shape index (κ3) is 4.42. The molecule has 4 nitrogen and oxygen atoms in total. The minimum Gasteiger partial charge on any atom is -0.489 e. The van der Waals surface area contributed by atoms with Gasteiger partial charge in [-0.15, -0.1) is 24.8 Å². The number of rotatable bonds is 5. The van der Waals surface area contributed by atoms with Gasteiger partial charge in [0.2, 0.25) is 0 Å². The number of halogens is 3. The highest BCUT2D eigenvalue weighted by Crippen LogP contribution is 2.36. The van der Waals surface area contributed by atoms with Gasteiger partial charge in [0.15, 0.2) is 0 Å². The summed E-state index contributed by atoms with van der Waals surface area (Å²) < 4.78 is 18.2. The minimum absolute atomic E-state index is 0. The van der Waals surface area contributed by atoms with Crippen LogP contribution in [0.5, 0.6) is 5.75 Å². The summed E-state index contributed by atoms with van der Waals surface area (Å²) in [4.78, 5) is 0. The Labute approximate surface area is 158 Å². The zero-order chi connectivity index (χ0) is 16.4. The van der Waals surface area contributed by atoms with Gasteiger partial charge in [-0.3, -0.25) is 5.10 Å². The Bertz CT molecular complexity index is 813. The molecule has 1 aromatic heterocycles. The van der Waals surface area contributed by atoms with Crippen LogP contribution in [-0.2, 0) is 5.54 Å². The molecule has 0 bridgehead atoms. The molecular formula is C18H22Cl2FN3O. The lowest BCUT2D eigenvalue weighted by atomic mass is 9.93. The summed E-state index contributed by atoms with van der Waals surface area (Å²) in [6.07, 6.45) is 1.70. The van der Waals surface area contributed by atoms with Crippen LogP contribution in [-0.4, -0.2) is 23.5 Å². The van der Waals surface area contributed by atoms with Crippen molar-refractivity contribution >= 4 is 35.7 Å². The molecular weight excluding hydrogens is 364 g/mol. The summed E-state index contributed by atoms with van der Waals surface area (Å²) in [5.74, 6) is 0.647. The molecule has 0 amide bonds. The highest BCUT2D eigenvalue weighted by Gasteiger charge is 2.16. The summed E-state index contributed by atoms with van der Waals surface area (Å²) in [6.45, 7) is 3.42. The molecule has 0 aliphatic heterocycles. The largest absolute Gasteiger partial charge is 0.489 e. The Hall–Kier alpha value is -1.82. The van der Waals surface area contributed by atoms with Crippen LogP contribution in [0.1, 0.15) is 19.4 Å². The second-order valence-corrected chi connectivity index (χ2v) is 6.11. The molecule has 3 aromatic rings. The maximum atomic E-state index is 12.6. The van der Waals surface area contributed by atoms with Crippen molar-refractivity contribution in [3.8, 4) is 16.9 Å². The number of fused-ring (bicyclic) bond motifs is 1. The average Bonchev–Trinajstić information content (AvgIpc) is 3.00. The molecule has 3 N–H and O–H groups in total. The quantitative estimate of drug-likeness (QED) is 0.673. The van der Waals surface area contributed by atoms with E-state index < -0.39 is 6.67 Å². The van der Waals surface area contributed by atoms with E-state index in [1.54, 1.807) is 6.20 Å². The number of H-pyrrole nitrogens is 1. The Morgan fingerprint density at radius 3 is 2.40 bits per heavy atom. The predicted octanol–water partition coefficient (Wildman–Crippen LogP) is 4.62. The van der Waals surface area contributed by atoms with Gasteiger partial charge in [0.25, 0.3) is 0 Å². The van der Waals surface area contributed by atoms with Gasteiger partial charge >= 0.3 is 0 Å². The van der Waals surface area contributed by atoms with E-state index in [4.69, 9.17) is 10.5 Å². The number of aromatic amines is 1. The van der Waals surface area contributed by atoms with Gasteiger partial charge in [0, 0.05) is 11.1 Å². The monoisotopic (exact) mass is 385 g/mol. The maximum Gasteiger partial charge on any atom is 0.138 e. The number of nitrogens with two attached hydrogens (primary N) is 1. The molecule has 25 heavy (non-hydrogen) atoms. The normalized spacial score (nSPS) is 10.9. The first-order chi connectivity index (χ1) is 11.0. The van der Waals surface area contributed by atoms with Gasteiger partial charge < -0.3 is 10.5 Å². The third-order valence-electron chi connectivity index (χ3n) is 3.84. The number of aromatic nitrogens is 2. The fraction of sp³-hybridized carbons (Fsp3) is 0.278. The number of alkyl halides is 1. The van der Waals surface area contributed by atoms with Gasteiger partial charge in [-0.2, -0.15) is 5.10 Å². The number of benzene rings is 2. The smallest absolute Gasteiger partial charge is 0.138 e. The molecule has 0 radical (unpaired) electrons.